The van der Waals surface area contributed by atoms with Crippen molar-refractivity contribution in [3.05, 3.63) is 65.2 Å². The fourth-order valence-electron chi connectivity index (χ4n) is 3.73. The summed E-state index contributed by atoms with van der Waals surface area (Å²) in [6, 6.07) is 15.4. The summed E-state index contributed by atoms with van der Waals surface area (Å²) in [6.45, 7) is 6.93. The zero-order valence-corrected chi connectivity index (χ0v) is 21.6. The van der Waals surface area contributed by atoms with Crippen molar-refractivity contribution in [2.45, 2.75) is 33.2 Å². The van der Waals surface area contributed by atoms with E-state index in [9.17, 15) is 8.78 Å². The number of aliphatic imine (C=N–C) groups is 1. The molecule has 9 heteroatoms. The molecule has 2 N–H and O–H groups in total. The average Bonchev–Trinajstić information content (AvgIpc) is 2.81. The molecule has 1 aliphatic rings. The second kappa shape index (κ2) is 14.3. The van der Waals surface area contributed by atoms with Gasteiger partial charge in [0, 0.05) is 58.4 Å². The van der Waals surface area contributed by atoms with Crippen LogP contribution in [0.2, 0.25) is 0 Å². The number of benzene rings is 2. The number of rotatable bonds is 9. The highest BCUT2D eigenvalue weighted by Gasteiger charge is 2.15. The molecule has 0 aromatic heterocycles. The van der Waals surface area contributed by atoms with E-state index in [-0.39, 0.29) is 29.7 Å². The van der Waals surface area contributed by atoms with Crippen LogP contribution in [-0.2, 0) is 19.6 Å². The Hall–Kier alpha value is -1.98. The molecule has 0 aliphatic carbocycles. The third-order valence-corrected chi connectivity index (χ3v) is 5.66. The average molecular weight is 573 g/mol. The third kappa shape index (κ3) is 9.05. The Morgan fingerprint density at radius 1 is 0.939 bits per heavy atom. The molecule has 0 amide bonds. The maximum Gasteiger partial charge on any atom is 0.387 e. The molecule has 0 saturated carbocycles. The van der Waals surface area contributed by atoms with Gasteiger partial charge in [0.1, 0.15) is 5.75 Å². The normalized spacial score (nSPS) is 15.2. The van der Waals surface area contributed by atoms with Crippen LogP contribution in [0.5, 0.6) is 5.75 Å². The molecule has 182 valence electrons. The Morgan fingerprint density at radius 3 is 2.18 bits per heavy atom. The van der Waals surface area contributed by atoms with Gasteiger partial charge in [0.25, 0.3) is 0 Å². The lowest BCUT2D eigenvalue weighted by molar-refractivity contribution is -0.0504. The largest absolute Gasteiger partial charge is 0.434 e. The lowest BCUT2D eigenvalue weighted by atomic mass is 10.1. The summed E-state index contributed by atoms with van der Waals surface area (Å²) in [7, 11) is 1.68. The van der Waals surface area contributed by atoms with Crippen molar-refractivity contribution in [2.75, 3.05) is 39.8 Å². The predicted octanol–water partition coefficient (Wildman–Crippen LogP) is 3.91. The van der Waals surface area contributed by atoms with Crippen molar-refractivity contribution in [3.63, 3.8) is 0 Å². The summed E-state index contributed by atoms with van der Waals surface area (Å²) >= 11 is 0. The van der Waals surface area contributed by atoms with Crippen LogP contribution in [0.4, 0.5) is 8.78 Å². The van der Waals surface area contributed by atoms with E-state index in [1.807, 2.05) is 0 Å². The van der Waals surface area contributed by atoms with Crippen LogP contribution in [0, 0.1) is 0 Å². The zero-order valence-electron chi connectivity index (χ0n) is 19.3. The molecule has 3 rings (SSSR count). The number of guanidine groups is 1. The Kier molecular flexibility index (Phi) is 11.8. The second-order valence-electron chi connectivity index (χ2n) is 7.79. The summed E-state index contributed by atoms with van der Waals surface area (Å²) < 4.78 is 29.7. The molecule has 0 atom stereocenters. The van der Waals surface area contributed by atoms with E-state index in [2.05, 4.69) is 61.4 Å². The molecule has 6 nitrogen and oxygen atoms in total. The summed E-state index contributed by atoms with van der Waals surface area (Å²) in [5.41, 5.74) is 3.10. The molecule has 0 unspecified atom stereocenters. The number of ether oxygens (including phenoxy) is 1. The molecule has 1 heterocycles. The minimum atomic E-state index is -2.85. The Morgan fingerprint density at radius 2 is 1.55 bits per heavy atom. The van der Waals surface area contributed by atoms with Gasteiger partial charge in [-0.2, -0.15) is 8.78 Å². The van der Waals surface area contributed by atoms with Crippen LogP contribution in [0.1, 0.15) is 23.6 Å². The number of halogens is 3. The van der Waals surface area contributed by atoms with Crippen molar-refractivity contribution in [2.24, 2.45) is 4.99 Å². The van der Waals surface area contributed by atoms with Crippen molar-refractivity contribution >= 4 is 29.9 Å². The topological polar surface area (TPSA) is 52.1 Å². The lowest BCUT2D eigenvalue weighted by Gasteiger charge is -2.34. The zero-order chi connectivity index (χ0) is 22.8. The molecular formula is C24H34F2IN5O. The number of piperazine rings is 1. The second-order valence-corrected chi connectivity index (χ2v) is 7.79. The lowest BCUT2D eigenvalue weighted by Crippen LogP contribution is -2.45. The van der Waals surface area contributed by atoms with Crippen molar-refractivity contribution in [1.29, 1.82) is 0 Å². The van der Waals surface area contributed by atoms with E-state index < -0.39 is 6.61 Å². The van der Waals surface area contributed by atoms with Gasteiger partial charge in [0.15, 0.2) is 5.96 Å². The predicted molar refractivity (Wildman–Crippen MR) is 139 cm³/mol. The van der Waals surface area contributed by atoms with Gasteiger partial charge in [0.05, 0.1) is 0 Å². The van der Waals surface area contributed by atoms with E-state index in [1.165, 1.54) is 11.6 Å². The van der Waals surface area contributed by atoms with Gasteiger partial charge in [-0.3, -0.25) is 9.89 Å². The number of nitrogens with zero attached hydrogens (tertiary/aromatic N) is 3. The van der Waals surface area contributed by atoms with E-state index in [0.29, 0.717) is 24.6 Å². The van der Waals surface area contributed by atoms with Crippen LogP contribution < -0.4 is 15.4 Å². The first kappa shape index (κ1) is 27.3. The first-order valence-electron chi connectivity index (χ1n) is 11.1. The highest BCUT2D eigenvalue weighted by Crippen LogP contribution is 2.20. The maximum atomic E-state index is 12.6. The summed E-state index contributed by atoms with van der Waals surface area (Å²) in [5, 5.41) is 6.41. The molecule has 1 aliphatic heterocycles. The van der Waals surface area contributed by atoms with Crippen LogP contribution in [-0.4, -0.2) is 62.1 Å². The van der Waals surface area contributed by atoms with Crippen molar-refractivity contribution in [1.82, 2.24) is 20.4 Å². The van der Waals surface area contributed by atoms with Gasteiger partial charge in [0.2, 0.25) is 0 Å². The fourth-order valence-corrected chi connectivity index (χ4v) is 3.73. The molecular weight excluding hydrogens is 539 g/mol. The number of hydrogen-bond donors (Lipinski definition) is 2. The molecule has 0 spiro atoms. The molecule has 1 saturated heterocycles. The molecule has 0 bridgehead atoms. The van der Waals surface area contributed by atoms with Crippen LogP contribution in [0.25, 0.3) is 0 Å². The SMILES string of the molecule is CCN1CCN(Cc2ccc(CNC(=NC)NCc3ccccc3OC(F)F)cc2)CC1.I. The van der Waals surface area contributed by atoms with E-state index in [0.717, 1.165) is 44.8 Å². The van der Waals surface area contributed by atoms with Crippen LogP contribution in [0.3, 0.4) is 0 Å². The molecule has 0 radical (unpaired) electrons. The number of hydrogen-bond acceptors (Lipinski definition) is 4. The first-order valence-corrected chi connectivity index (χ1v) is 11.1. The smallest absolute Gasteiger partial charge is 0.387 e. The minimum absolute atomic E-state index is 0. The van der Waals surface area contributed by atoms with E-state index in [1.54, 1.807) is 25.2 Å². The summed E-state index contributed by atoms with van der Waals surface area (Å²) in [4.78, 5) is 9.20. The Labute approximate surface area is 212 Å². The number of para-hydroxylation sites is 1. The Balaban J connectivity index is 0.00000385. The number of alkyl halides is 2. The number of nitrogens with one attached hydrogen (secondary N) is 2. The van der Waals surface area contributed by atoms with Gasteiger partial charge in [-0.05, 0) is 23.7 Å². The van der Waals surface area contributed by atoms with Gasteiger partial charge < -0.3 is 20.3 Å². The van der Waals surface area contributed by atoms with Crippen LogP contribution in [0.15, 0.2) is 53.5 Å². The molecule has 33 heavy (non-hydrogen) atoms. The molecule has 2 aromatic carbocycles. The summed E-state index contributed by atoms with van der Waals surface area (Å²) in [5.74, 6) is 0.756. The van der Waals surface area contributed by atoms with Crippen molar-refractivity contribution in [3.8, 4) is 5.75 Å². The van der Waals surface area contributed by atoms with Crippen LogP contribution >= 0.6 is 24.0 Å². The van der Waals surface area contributed by atoms with Gasteiger partial charge in [-0.25, -0.2) is 0 Å². The highest BCUT2D eigenvalue weighted by atomic mass is 127. The Bertz CT molecular complexity index is 858. The monoisotopic (exact) mass is 573 g/mol. The maximum absolute atomic E-state index is 12.6. The first-order chi connectivity index (χ1) is 15.6. The van der Waals surface area contributed by atoms with Gasteiger partial charge in [-0.15, -0.1) is 24.0 Å². The third-order valence-electron chi connectivity index (χ3n) is 5.66. The quantitative estimate of drug-likeness (QED) is 0.271. The highest BCUT2D eigenvalue weighted by molar-refractivity contribution is 14.0. The van der Waals surface area contributed by atoms with Crippen molar-refractivity contribution < 1.29 is 13.5 Å². The molecule has 2 aromatic rings. The number of likely N-dealkylation sites (N-methyl/N-ethyl adjacent to an activating group) is 1. The standard InChI is InChI=1S/C24H33F2N5O.HI/c1-3-30-12-14-31(15-13-30)18-20-10-8-19(9-11-20)16-28-24(27-2)29-17-21-6-4-5-7-22(21)32-23(25)26;/h4-11,23H,3,12-18H2,1-2H3,(H2,27,28,29);1H. The van der Waals surface area contributed by atoms with Gasteiger partial charge >= 0.3 is 6.61 Å². The minimum Gasteiger partial charge on any atom is -0.434 e. The van der Waals surface area contributed by atoms with E-state index in [4.69, 9.17) is 0 Å². The van der Waals surface area contributed by atoms with Gasteiger partial charge in [-0.1, -0.05) is 49.4 Å². The summed E-state index contributed by atoms with van der Waals surface area (Å²) in [6.07, 6.45) is 0. The van der Waals surface area contributed by atoms with E-state index >= 15 is 0 Å². The molecule has 1 fully saturated rings. The fraction of sp³-hybridized carbons (Fsp3) is 0.458.